The van der Waals surface area contributed by atoms with Crippen molar-refractivity contribution in [3.8, 4) is 0 Å². The Balaban J connectivity index is 7.70. The molecule has 210 valence electrons. The van der Waals surface area contributed by atoms with E-state index in [4.69, 9.17) is 18.6 Å². The van der Waals surface area contributed by atoms with Crippen molar-refractivity contribution in [2.75, 3.05) is 0 Å². The first-order chi connectivity index (χ1) is 16.6. The molecule has 5 N–H and O–H groups in total. The number of aliphatic carboxylic acids is 5. The van der Waals surface area contributed by atoms with Gasteiger partial charge in [-0.15, -0.1) is 0 Å². The Bertz CT molecular complexity index is 643. The molecule has 5 unspecified atom stereocenters. The molecule has 15 nitrogen and oxygen atoms in total. The number of rotatable bonds is 20. The van der Waals surface area contributed by atoms with Crippen LogP contribution in [0.2, 0.25) is 0 Å². The zero-order chi connectivity index (χ0) is 28.3. The molecule has 0 rings (SSSR count). The summed E-state index contributed by atoms with van der Waals surface area (Å²) in [4.78, 5) is 59.6. The molecular formula is C20H35AsO15. The minimum absolute atomic E-state index is 0.355. The van der Waals surface area contributed by atoms with Crippen LogP contribution in [0.3, 0.4) is 0 Å². The van der Waals surface area contributed by atoms with Gasteiger partial charge >= 0.3 is 209 Å². The van der Waals surface area contributed by atoms with Crippen molar-refractivity contribution in [1.82, 2.24) is 0 Å². The molecule has 0 aliphatic carbocycles. The third-order valence-electron chi connectivity index (χ3n) is 4.73. The second-order valence-corrected chi connectivity index (χ2v) is 12.8. The summed E-state index contributed by atoms with van der Waals surface area (Å²) in [5.74, 6) is -8.32. The summed E-state index contributed by atoms with van der Waals surface area (Å²) in [6.07, 6.45) is -11.5. The fraction of sp³-hybridized carbons (Fsp3) is 0.750. The molecule has 0 amide bonds. The van der Waals surface area contributed by atoms with Gasteiger partial charge in [-0.05, 0) is 0 Å². The first-order valence-electron chi connectivity index (χ1n) is 11.3. The number of carboxylic acids is 5. The molecular weight excluding hydrogens is 555 g/mol. The Morgan fingerprint density at radius 1 is 0.444 bits per heavy atom. The van der Waals surface area contributed by atoms with E-state index in [0.29, 0.717) is 0 Å². The quantitative estimate of drug-likeness (QED) is 0.126. The first-order valence-corrected chi connectivity index (χ1v) is 15.1. The summed E-state index contributed by atoms with van der Waals surface area (Å²) >= 11 is -7.29. The predicted molar refractivity (Wildman–Crippen MR) is 120 cm³/mol. The minimum atomic E-state index is -7.29. The topological polar surface area (TPSA) is 233 Å². The summed E-state index contributed by atoms with van der Waals surface area (Å²) in [6.45, 7) is 6.62. The van der Waals surface area contributed by atoms with Crippen molar-refractivity contribution >= 4 is 44.0 Å². The van der Waals surface area contributed by atoms with Gasteiger partial charge in [0.2, 0.25) is 0 Å². The van der Waals surface area contributed by atoms with Gasteiger partial charge in [-0.1, -0.05) is 0 Å². The van der Waals surface area contributed by atoms with E-state index in [0.717, 1.165) is 0 Å². The van der Waals surface area contributed by atoms with Crippen LogP contribution >= 0.6 is 0 Å². The van der Waals surface area contributed by atoms with Crippen molar-refractivity contribution in [3.63, 3.8) is 0 Å². The second kappa shape index (κ2) is 14.4. The molecule has 0 aliphatic heterocycles. The standard InChI is InChI=1S/C20H35AsO15/c1-6-11(16(22)23)32-21(33-12(7-2)17(24)25,34-13(8-3)18(26)27,35-14(9-4)19(28)29)36-15(10-5)20(30)31/h11-15H,6-10H2,1-5H3,(H,22,23)(H,24,25)(H,26,27)(H,28,29)(H,30,31). The van der Waals surface area contributed by atoms with Crippen molar-refractivity contribution in [2.45, 2.75) is 97.2 Å². The van der Waals surface area contributed by atoms with E-state index in [1.54, 1.807) is 0 Å². The molecule has 0 saturated heterocycles. The summed E-state index contributed by atoms with van der Waals surface area (Å²) < 4.78 is 28.0. The Morgan fingerprint density at radius 3 is 0.667 bits per heavy atom. The second-order valence-electron chi connectivity index (χ2n) is 7.45. The number of carboxylic acid groups (broad SMARTS) is 5. The monoisotopic (exact) mass is 590 g/mol. The summed E-state index contributed by atoms with van der Waals surface area (Å²) in [7, 11) is 0. The number of carbonyl (C=O) groups is 5. The normalized spacial score (nSPS) is 17.1. The first kappa shape index (κ1) is 33.7. The summed E-state index contributed by atoms with van der Waals surface area (Å²) in [5.41, 5.74) is 0. The zero-order valence-corrected chi connectivity index (χ0v) is 22.6. The van der Waals surface area contributed by atoms with Gasteiger partial charge in [-0.3, -0.25) is 0 Å². The molecule has 36 heavy (non-hydrogen) atoms. The van der Waals surface area contributed by atoms with Crippen molar-refractivity contribution in [3.05, 3.63) is 0 Å². The van der Waals surface area contributed by atoms with Crippen LogP contribution in [0.5, 0.6) is 0 Å². The molecule has 16 heteroatoms. The Kier molecular flexibility index (Phi) is 13.5. The maximum atomic E-state index is 11.9. The Morgan fingerprint density at radius 2 is 0.583 bits per heavy atom. The van der Waals surface area contributed by atoms with Gasteiger partial charge in [0.15, 0.2) is 0 Å². The van der Waals surface area contributed by atoms with Gasteiger partial charge in [0.05, 0.1) is 0 Å². The molecule has 0 aliphatic rings. The summed E-state index contributed by atoms with van der Waals surface area (Å²) in [5, 5.41) is 48.3. The molecule has 0 heterocycles. The Hall–Kier alpha value is -2.29. The van der Waals surface area contributed by atoms with Crippen LogP contribution in [-0.2, 0) is 42.6 Å². The number of hydrogen-bond donors (Lipinski definition) is 5. The van der Waals surface area contributed by atoms with Crippen molar-refractivity contribution in [1.29, 1.82) is 0 Å². The van der Waals surface area contributed by atoms with E-state index in [1.165, 1.54) is 34.6 Å². The molecule has 0 saturated carbocycles. The van der Waals surface area contributed by atoms with Crippen LogP contribution in [0.1, 0.15) is 66.7 Å². The van der Waals surface area contributed by atoms with Crippen LogP contribution in [0.4, 0.5) is 0 Å². The average molecular weight is 590 g/mol. The van der Waals surface area contributed by atoms with Crippen LogP contribution in [0.15, 0.2) is 0 Å². The van der Waals surface area contributed by atoms with Gasteiger partial charge in [0.25, 0.3) is 0 Å². The van der Waals surface area contributed by atoms with Gasteiger partial charge < -0.3 is 0 Å². The fourth-order valence-corrected chi connectivity index (χ4v) is 10.7. The fourth-order valence-electron chi connectivity index (χ4n) is 2.76. The van der Waals surface area contributed by atoms with Gasteiger partial charge in [0, 0.05) is 0 Å². The van der Waals surface area contributed by atoms with Crippen molar-refractivity contribution < 1.29 is 68.1 Å². The predicted octanol–water partition coefficient (Wildman–Crippen LogP) is 1.27. The Labute approximate surface area is 209 Å². The molecule has 0 radical (unpaired) electrons. The van der Waals surface area contributed by atoms with Crippen molar-refractivity contribution in [2.24, 2.45) is 0 Å². The molecule has 0 bridgehead atoms. The molecule has 0 fully saturated rings. The molecule has 0 aromatic heterocycles. The van der Waals surface area contributed by atoms with Gasteiger partial charge in [0.1, 0.15) is 0 Å². The van der Waals surface area contributed by atoms with Crippen LogP contribution in [0.25, 0.3) is 0 Å². The average Bonchev–Trinajstić information content (AvgIpc) is 2.81. The van der Waals surface area contributed by atoms with Crippen LogP contribution < -0.4 is 0 Å². The van der Waals surface area contributed by atoms with E-state index in [2.05, 4.69) is 0 Å². The van der Waals surface area contributed by atoms with E-state index in [-0.39, 0.29) is 32.1 Å². The molecule has 0 aromatic carbocycles. The zero-order valence-electron chi connectivity index (χ0n) is 20.7. The SMILES string of the molecule is CCC(O[As](OC(CC)C(=O)O)(OC(CC)C(=O)O)(OC(CC)C(=O)O)OC(CC)C(=O)O)C(=O)O. The van der Waals surface area contributed by atoms with Crippen LogP contribution in [0, 0.1) is 0 Å². The molecule has 0 aromatic rings. The summed E-state index contributed by atoms with van der Waals surface area (Å²) in [6, 6.07) is 0. The van der Waals surface area contributed by atoms with Crippen LogP contribution in [-0.4, -0.2) is 100 Å². The maximum absolute atomic E-state index is 11.9. The van der Waals surface area contributed by atoms with E-state index in [1.807, 2.05) is 0 Å². The van der Waals surface area contributed by atoms with E-state index in [9.17, 15) is 49.5 Å². The third kappa shape index (κ3) is 8.98. The van der Waals surface area contributed by atoms with E-state index < -0.39 is 74.5 Å². The number of hydrogen-bond acceptors (Lipinski definition) is 10. The van der Waals surface area contributed by atoms with Gasteiger partial charge in [-0.2, -0.15) is 0 Å². The van der Waals surface area contributed by atoms with E-state index >= 15 is 0 Å². The third-order valence-corrected chi connectivity index (χ3v) is 11.0. The molecule has 5 atom stereocenters. The van der Waals surface area contributed by atoms with Gasteiger partial charge in [-0.25, -0.2) is 0 Å². The molecule has 0 spiro atoms.